The lowest BCUT2D eigenvalue weighted by Crippen LogP contribution is -2.30. The Morgan fingerprint density at radius 1 is 1.29 bits per heavy atom. The lowest BCUT2D eigenvalue weighted by atomic mass is 10.0. The molecule has 0 aliphatic rings. The van der Waals surface area contributed by atoms with Crippen LogP contribution in [-0.4, -0.2) is 24.6 Å². The topological polar surface area (TPSA) is 42.1 Å². The maximum absolute atomic E-state index is 5.52. The van der Waals surface area contributed by atoms with Gasteiger partial charge in [0.2, 0.25) is 0 Å². The van der Waals surface area contributed by atoms with Gasteiger partial charge in [-0.1, -0.05) is 19.9 Å². The van der Waals surface area contributed by atoms with Crippen molar-refractivity contribution in [1.82, 2.24) is 4.98 Å². The Hall–Kier alpha value is -1.09. The van der Waals surface area contributed by atoms with Gasteiger partial charge in [0.1, 0.15) is 5.82 Å². The van der Waals surface area contributed by atoms with Gasteiger partial charge in [-0.05, 0) is 43.9 Å². The van der Waals surface area contributed by atoms with E-state index < -0.39 is 0 Å². The van der Waals surface area contributed by atoms with E-state index >= 15 is 0 Å². The molecular weight excluding hydrogens is 210 g/mol. The summed E-state index contributed by atoms with van der Waals surface area (Å²) in [5.74, 6) is 1.75. The van der Waals surface area contributed by atoms with E-state index in [4.69, 9.17) is 5.73 Å². The van der Waals surface area contributed by atoms with E-state index in [1.807, 2.05) is 6.20 Å². The number of pyridine rings is 1. The average molecular weight is 235 g/mol. The van der Waals surface area contributed by atoms with Crippen LogP contribution in [0.25, 0.3) is 0 Å². The molecule has 17 heavy (non-hydrogen) atoms. The fourth-order valence-corrected chi connectivity index (χ4v) is 2.01. The molecule has 96 valence electrons. The molecule has 0 bridgehead atoms. The SMILES string of the molecule is CC(C)CC(C)N(C)c1ccc(CCN)cn1. The first-order valence-electron chi connectivity index (χ1n) is 6.42. The monoisotopic (exact) mass is 235 g/mol. The van der Waals surface area contributed by atoms with E-state index in [-0.39, 0.29) is 0 Å². The van der Waals surface area contributed by atoms with E-state index in [9.17, 15) is 0 Å². The Morgan fingerprint density at radius 3 is 2.47 bits per heavy atom. The third-order valence-electron chi connectivity index (χ3n) is 3.08. The van der Waals surface area contributed by atoms with Gasteiger partial charge in [-0.2, -0.15) is 0 Å². The highest BCUT2D eigenvalue weighted by atomic mass is 15.2. The quantitative estimate of drug-likeness (QED) is 0.823. The Labute approximate surface area is 105 Å². The molecule has 1 unspecified atom stereocenters. The second-order valence-corrected chi connectivity index (χ2v) is 5.15. The maximum atomic E-state index is 5.52. The van der Waals surface area contributed by atoms with Gasteiger partial charge in [0.05, 0.1) is 0 Å². The molecule has 0 radical (unpaired) electrons. The minimum Gasteiger partial charge on any atom is -0.357 e. The minimum atomic E-state index is 0.517. The molecule has 0 saturated heterocycles. The van der Waals surface area contributed by atoms with Gasteiger partial charge in [-0.3, -0.25) is 0 Å². The molecular formula is C14H25N3. The summed E-state index contributed by atoms with van der Waals surface area (Å²) in [4.78, 5) is 6.74. The number of aromatic nitrogens is 1. The van der Waals surface area contributed by atoms with Gasteiger partial charge in [0, 0.05) is 19.3 Å². The summed E-state index contributed by atoms with van der Waals surface area (Å²) < 4.78 is 0. The molecule has 1 rings (SSSR count). The third kappa shape index (κ3) is 4.35. The molecule has 3 heteroatoms. The Morgan fingerprint density at radius 2 is 2.00 bits per heavy atom. The minimum absolute atomic E-state index is 0.517. The predicted octanol–water partition coefficient (Wildman–Crippen LogP) is 2.45. The van der Waals surface area contributed by atoms with E-state index in [0.29, 0.717) is 18.5 Å². The molecule has 0 aliphatic heterocycles. The zero-order valence-electron chi connectivity index (χ0n) is 11.5. The summed E-state index contributed by atoms with van der Waals surface area (Å²) in [6.45, 7) is 7.43. The smallest absolute Gasteiger partial charge is 0.128 e. The van der Waals surface area contributed by atoms with Crippen LogP contribution in [0.2, 0.25) is 0 Å². The first-order chi connectivity index (χ1) is 8.04. The Kier molecular flexibility index (Phi) is 5.42. The zero-order chi connectivity index (χ0) is 12.8. The van der Waals surface area contributed by atoms with Crippen molar-refractivity contribution in [1.29, 1.82) is 0 Å². The second-order valence-electron chi connectivity index (χ2n) is 5.15. The fraction of sp³-hybridized carbons (Fsp3) is 0.643. The van der Waals surface area contributed by atoms with Gasteiger partial charge in [-0.25, -0.2) is 4.98 Å². The van der Waals surface area contributed by atoms with Crippen LogP contribution in [-0.2, 0) is 6.42 Å². The van der Waals surface area contributed by atoms with E-state index in [1.54, 1.807) is 0 Å². The molecule has 2 N–H and O–H groups in total. The largest absolute Gasteiger partial charge is 0.357 e. The predicted molar refractivity (Wildman–Crippen MR) is 74.3 cm³/mol. The number of anilines is 1. The summed E-state index contributed by atoms with van der Waals surface area (Å²) in [7, 11) is 2.11. The highest BCUT2D eigenvalue weighted by Gasteiger charge is 2.12. The van der Waals surface area contributed by atoms with E-state index in [1.165, 1.54) is 12.0 Å². The fourth-order valence-electron chi connectivity index (χ4n) is 2.01. The number of hydrogen-bond donors (Lipinski definition) is 1. The van der Waals surface area contributed by atoms with Crippen molar-refractivity contribution in [2.45, 2.75) is 39.7 Å². The summed E-state index contributed by atoms with van der Waals surface area (Å²) >= 11 is 0. The maximum Gasteiger partial charge on any atom is 0.128 e. The van der Waals surface area contributed by atoms with Crippen LogP contribution >= 0.6 is 0 Å². The van der Waals surface area contributed by atoms with Crippen molar-refractivity contribution in [2.75, 3.05) is 18.5 Å². The molecule has 3 nitrogen and oxygen atoms in total. The summed E-state index contributed by atoms with van der Waals surface area (Å²) in [5.41, 5.74) is 6.73. The van der Waals surface area contributed by atoms with E-state index in [0.717, 1.165) is 12.2 Å². The van der Waals surface area contributed by atoms with Gasteiger partial charge in [0.15, 0.2) is 0 Å². The highest BCUT2D eigenvalue weighted by molar-refractivity contribution is 5.39. The molecule has 1 aromatic rings. The van der Waals surface area contributed by atoms with Crippen LogP contribution in [0.1, 0.15) is 32.8 Å². The molecule has 0 amide bonds. The van der Waals surface area contributed by atoms with Gasteiger partial charge in [0.25, 0.3) is 0 Å². The van der Waals surface area contributed by atoms with Crippen molar-refractivity contribution in [3.05, 3.63) is 23.9 Å². The molecule has 0 fully saturated rings. The van der Waals surface area contributed by atoms with Gasteiger partial charge < -0.3 is 10.6 Å². The molecule has 0 aliphatic carbocycles. The third-order valence-corrected chi connectivity index (χ3v) is 3.08. The Bertz CT molecular complexity index is 319. The van der Waals surface area contributed by atoms with Crippen LogP contribution in [0.4, 0.5) is 5.82 Å². The van der Waals surface area contributed by atoms with E-state index in [2.05, 4.69) is 49.8 Å². The molecule has 1 heterocycles. The van der Waals surface area contributed by atoms with Crippen molar-refractivity contribution in [3.8, 4) is 0 Å². The first kappa shape index (κ1) is 14.0. The molecule has 1 aromatic heterocycles. The number of hydrogen-bond acceptors (Lipinski definition) is 3. The van der Waals surface area contributed by atoms with Crippen LogP contribution < -0.4 is 10.6 Å². The molecule has 0 aromatic carbocycles. The summed E-state index contributed by atoms with van der Waals surface area (Å²) in [6, 6.07) is 4.72. The van der Waals surface area contributed by atoms with Crippen LogP contribution in [0.3, 0.4) is 0 Å². The van der Waals surface area contributed by atoms with Gasteiger partial charge >= 0.3 is 0 Å². The second kappa shape index (κ2) is 6.60. The van der Waals surface area contributed by atoms with Gasteiger partial charge in [-0.15, -0.1) is 0 Å². The molecule has 0 saturated carbocycles. The van der Waals surface area contributed by atoms with Crippen molar-refractivity contribution < 1.29 is 0 Å². The van der Waals surface area contributed by atoms with Crippen molar-refractivity contribution in [2.24, 2.45) is 11.7 Å². The average Bonchev–Trinajstić information content (AvgIpc) is 2.28. The zero-order valence-corrected chi connectivity index (χ0v) is 11.5. The Balaban J connectivity index is 2.65. The lowest BCUT2D eigenvalue weighted by Gasteiger charge is -2.27. The normalized spacial score (nSPS) is 12.8. The number of nitrogens with two attached hydrogens (primary N) is 1. The van der Waals surface area contributed by atoms with Crippen LogP contribution in [0, 0.1) is 5.92 Å². The molecule has 0 spiro atoms. The lowest BCUT2D eigenvalue weighted by molar-refractivity contribution is 0.502. The number of rotatable bonds is 6. The van der Waals surface area contributed by atoms with Crippen molar-refractivity contribution >= 4 is 5.82 Å². The number of nitrogens with zero attached hydrogens (tertiary/aromatic N) is 2. The van der Waals surface area contributed by atoms with Crippen molar-refractivity contribution in [3.63, 3.8) is 0 Å². The first-order valence-corrected chi connectivity index (χ1v) is 6.42. The summed E-state index contributed by atoms with van der Waals surface area (Å²) in [5, 5.41) is 0. The van der Waals surface area contributed by atoms with Crippen LogP contribution in [0.5, 0.6) is 0 Å². The molecule has 1 atom stereocenters. The van der Waals surface area contributed by atoms with Crippen LogP contribution in [0.15, 0.2) is 18.3 Å². The standard InChI is InChI=1S/C14H25N3/c1-11(2)9-12(3)17(4)14-6-5-13(7-8-15)10-16-14/h5-6,10-12H,7-9,15H2,1-4H3. The summed E-state index contributed by atoms with van der Waals surface area (Å²) in [6.07, 6.45) is 4.02. The highest BCUT2D eigenvalue weighted by Crippen LogP contribution is 2.17.